The number of carbonyl (C=O) groups excluding carboxylic acids is 1. The Balaban J connectivity index is 1.79. The molecule has 4 aliphatic carbocycles. The van der Waals surface area contributed by atoms with Crippen LogP contribution in [0.1, 0.15) is 54.5 Å². The fourth-order valence-corrected chi connectivity index (χ4v) is 6.12. The minimum atomic E-state index is -0.217. The molecule has 4 saturated carbocycles. The molecule has 0 amide bonds. The van der Waals surface area contributed by atoms with E-state index in [1.54, 1.807) is 7.11 Å². The summed E-state index contributed by atoms with van der Waals surface area (Å²) >= 11 is 3.47. The van der Waals surface area contributed by atoms with E-state index in [9.17, 15) is 4.79 Å². The molecule has 1 unspecified atom stereocenters. The first-order valence-corrected chi connectivity index (χ1v) is 9.33. The van der Waals surface area contributed by atoms with Gasteiger partial charge in [0.1, 0.15) is 12.0 Å². The average molecular weight is 363 g/mol. The Labute approximate surface area is 140 Å². The summed E-state index contributed by atoms with van der Waals surface area (Å²) < 4.78 is 5.70. The molecule has 0 radical (unpaired) electrons. The number of ether oxygens (including phenoxy) is 1. The lowest BCUT2D eigenvalue weighted by atomic mass is 9.48. The van der Waals surface area contributed by atoms with Crippen LogP contribution in [0, 0.1) is 17.8 Å². The summed E-state index contributed by atoms with van der Waals surface area (Å²) in [5, 5.41) is 0. The molecule has 3 heteroatoms. The summed E-state index contributed by atoms with van der Waals surface area (Å²) in [6.45, 7) is 0. The van der Waals surface area contributed by atoms with Crippen molar-refractivity contribution < 1.29 is 9.53 Å². The van der Waals surface area contributed by atoms with Crippen molar-refractivity contribution in [2.24, 2.45) is 17.8 Å². The van der Waals surface area contributed by atoms with Gasteiger partial charge in [0, 0.05) is 5.56 Å². The molecule has 0 N–H and O–H groups in total. The number of benzene rings is 1. The zero-order valence-corrected chi connectivity index (χ0v) is 14.6. The van der Waals surface area contributed by atoms with Gasteiger partial charge in [-0.05, 0) is 79.4 Å². The topological polar surface area (TPSA) is 26.3 Å². The van der Waals surface area contributed by atoms with Crippen molar-refractivity contribution in [3.63, 3.8) is 0 Å². The molecule has 1 aromatic rings. The predicted molar refractivity (Wildman–Crippen MR) is 90.6 cm³/mol. The van der Waals surface area contributed by atoms with E-state index in [0.29, 0.717) is 5.41 Å². The second-order valence-electron chi connectivity index (χ2n) is 7.70. The van der Waals surface area contributed by atoms with Crippen LogP contribution in [-0.4, -0.2) is 13.4 Å². The minimum absolute atomic E-state index is 0.217. The molecule has 4 bridgehead atoms. The van der Waals surface area contributed by atoms with Gasteiger partial charge in [-0.2, -0.15) is 0 Å². The molecule has 0 saturated heterocycles. The summed E-state index contributed by atoms with van der Waals surface area (Å²) in [4.78, 5) is 10.9. The fourth-order valence-electron chi connectivity index (χ4n) is 5.83. The SMILES string of the molecule is COc1ccc(C(Br)C=O)cc1C12CC3CC(CC(C3)C1)C2. The molecule has 22 heavy (non-hydrogen) atoms. The first kappa shape index (κ1) is 14.7. The molecule has 4 fully saturated rings. The lowest BCUT2D eigenvalue weighted by molar-refractivity contribution is -0.107. The molecule has 118 valence electrons. The second kappa shape index (κ2) is 5.36. The van der Waals surface area contributed by atoms with E-state index in [-0.39, 0.29) is 4.83 Å². The van der Waals surface area contributed by atoms with Gasteiger partial charge in [0.15, 0.2) is 0 Å². The van der Waals surface area contributed by atoms with E-state index in [0.717, 1.165) is 35.4 Å². The number of aldehydes is 1. The van der Waals surface area contributed by atoms with Gasteiger partial charge in [-0.1, -0.05) is 22.0 Å². The summed E-state index contributed by atoms with van der Waals surface area (Å²) in [6.07, 6.45) is 9.22. The van der Waals surface area contributed by atoms with Crippen LogP contribution >= 0.6 is 15.9 Å². The molecule has 1 atom stereocenters. The predicted octanol–water partition coefficient (Wildman–Crippen LogP) is 4.80. The van der Waals surface area contributed by atoms with Crippen LogP contribution in [0.2, 0.25) is 0 Å². The highest BCUT2D eigenvalue weighted by Gasteiger charge is 2.52. The third kappa shape index (κ3) is 2.24. The van der Waals surface area contributed by atoms with Crippen molar-refractivity contribution in [2.75, 3.05) is 7.11 Å². The lowest BCUT2D eigenvalue weighted by Crippen LogP contribution is -2.48. The molecule has 0 heterocycles. The van der Waals surface area contributed by atoms with E-state index in [2.05, 4.69) is 28.1 Å². The van der Waals surface area contributed by atoms with Gasteiger partial charge in [0.05, 0.1) is 11.9 Å². The fraction of sp³-hybridized carbons (Fsp3) is 0.632. The van der Waals surface area contributed by atoms with Crippen LogP contribution in [0.15, 0.2) is 18.2 Å². The molecular formula is C19H23BrO2. The van der Waals surface area contributed by atoms with Crippen LogP contribution < -0.4 is 4.74 Å². The van der Waals surface area contributed by atoms with Crippen molar-refractivity contribution in [1.29, 1.82) is 0 Å². The molecule has 0 aromatic heterocycles. The van der Waals surface area contributed by atoms with Crippen molar-refractivity contribution in [2.45, 2.75) is 48.8 Å². The van der Waals surface area contributed by atoms with E-state index < -0.39 is 0 Å². The maximum Gasteiger partial charge on any atom is 0.138 e. The quantitative estimate of drug-likeness (QED) is 0.568. The number of halogens is 1. The Morgan fingerprint density at radius 1 is 1.18 bits per heavy atom. The molecule has 4 aliphatic rings. The van der Waals surface area contributed by atoms with Crippen molar-refractivity contribution in [3.05, 3.63) is 29.3 Å². The monoisotopic (exact) mass is 362 g/mol. The normalized spacial score (nSPS) is 37.1. The first-order valence-electron chi connectivity index (χ1n) is 8.41. The van der Waals surface area contributed by atoms with Crippen LogP contribution in [-0.2, 0) is 10.2 Å². The standard InChI is InChI=1S/C19H23BrO2/c1-22-18-3-2-15(17(20)11-21)7-16(18)19-8-12-4-13(9-19)6-14(5-12)10-19/h2-3,7,11-14,17H,4-6,8-10H2,1H3. The Morgan fingerprint density at radius 3 is 2.27 bits per heavy atom. The summed E-state index contributed by atoms with van der Waals surface area (Å²) in [5.74, 6) is 3.73. The van der Waals surface area contributed by atoms with Gasteiger partial charge in [-0.25, -0.2) is 0 Å². The number of alkyl halides is 1. The number of rotatable bonds is 4. The highest BCUT2D eigenvalue weighted by Crippen LogP contribution is 2.62. The van der Waals surface area contributed by atoms with Gasteiger partial charge in [0.25, 0.3) is 0 Å². The Bertz CT molecular complexity index is 560. The molecule has 5 rings (SSSR count). The van der Waals surface area contributed by atoms with Crippen molar-refractivity contribution in [3.8, 4) is 5.75 Å². The van der Waals surface area contributed by atoms with E-state index in [4.69, 9.17) is 4.74 Å². The van der Waals surface area contributed by atoms with Crippen molar-refractivity contribution in [1.82, 2.24) is 0 Å². The third-order valence-corrected chi connectivity index (χ3v) is 7.02. The molecular weight excluding hydrogens is 340 g/mol. The molecule has 0 spiro atoms. The average Bonchev–Trinajstić information content (AvgIpc) is 2.52. The number of hydrogen-bond acceptors (Lipinski definition) is 2. The van der Waals surface area contributed by atoms with Crippen LogP contribution in [0.5, 0.6) is 5.75 Å². The van der Waals surface area contributed by atoms with Gasteiger partial charge in [0.2, 0.25) is 0 Å². The van der Waals surface area contributed by atoms with E-state index in [1.807, 2.05) is 6.07 Å². The molecule has 0 aliphatic heterocycles. The third-order valence-electron chi connectivity index (χ3n) is 6.27. The maximum absolute atomic E-state index is 11.1. The Morgan fingerprint density at radius 2 is 1.77 bits per heavy atom. The Kier molecular flexibility index (Phi) is 3.60. The van der Waals surface area contributed by atoms with Crippen molar-refractivity contribution >= 4 is 22.2 Å². The summed E-state index contributed by atoms with van der Waals surface area (Å²) in [7, 11) is 1.77. The summed E-state index contributed by atoms with van der Waals surface area (Å²) in [6, 6.07) is 6.30. The first-order chi connectivity index (χ1) is 10.6. The number of hydrogen-bond donors (Lipinski definition) is 0. The zero-order chi connectivity index (χ0) is 15.3. The minimum Gasteiger partial charge on any atom is -0.496 e. The highest BCUT2D eigenvalue weighted by atomic mass is 79.9. The molecule has 1 aromatic carbocycles. The highest BCUT2D eigenvalue weighted by molar-refractivity contribution is 9.09. The number of methoxy groups -OCH3 is 1. The van der Waals surface area contributed by atoms with Crippen LogP contribution in [0.3, 0.4) is 0 Å². The van der Waals surface area contributed by atoms with Gasteiger partial charge in [-0.15, -0.1) is 0 Å². The molecule has 2 nitrogen and oxygen atoms in total. The zero-order valence-electron chi connectivity index (χ0n) is 13.1. The van der Waals surface area contributed by atoms with E-state index >= 15 is 0 Å². The van der Waals surface area contributed by atoms with Gasteiger partial charge < -0.3 is 9.53 Å². The second-order valence-corrected chi connectivity index (χ2v) is 8.68. The largest absolute Gasteiger partial charge is 0.496 e. The van der Waals surface area contributed by atoms with Gasteiger partial charge in [-0.3, -0.25) is 0 Å². The smallest absolute Gasteiger partial charge is 0.138 e. The number of carbonyl (C=O) groups is 1. The van der Waals surface area contributed by atoms with E-state index in [1.165, 1.54) is 44.1 Å². The lowest BCUT2D eigenvalue weighted by Gasteiger charge is -2.57. The summed E-state index contributed by atoms with van der Waals surface area (Å²) in [5.41, 5.74) is 2.71. The maximum atomic E-state index is 11.1. The Hall–Kier alpha value is -0.830. The van der Waals surface area contributed by atoms with Gasteiger partial charge >= 0.3 is 0 Å². The van der Waals surface area contributed by atoms with Crippen LogP contribution in [0.4, 0.5) is 0 Å². The van der Waals surface area contributed by atoms with Crippen LogP contribution in [0.25, 0.3) is 0 Å².